The Balaban J connectivity index is 3.75. The monoisotopic (exact) mass is 618 g/mol. The molecule has 2 atom stereocenters. The topological polar surface area (TPSA) is 187 Å². The fourth-order valence-corrected chi connectivity index (χ4v) is 3.88. The summed E-state index contributed by atoms with van der Waals surface area (Å²) in [5.41, 5.74) is 0. The summed E-state index contributed by atoms with van der Waals surface area (Å²) in [6, 6.07) is -0.622. The summed E-state index contributed by atoms with van der Waals surface area (Å²) in [4.78, 5) is 58.2. The van der Waals surface area contributed by atoms with Crippen LogP contribution >= 0.6 is 0 Å². The average molecular weight is 619 g/mol. The van der Waals surface area contributed by atoms with Crippen molar-refractivity contribution in [3.63, 3.8) is 0 Å². The second kappa shape index (κ2) is 26.0. The van der Waals surface area contributed by atoms with Crippen LogP contribution in [0.4, 0.5) is 0 Å². The lowest BCUT2D eigenvalue weighted by molar-refractivity contribution is -0.143. The molecule has 0 aromatic carbocycles. The molecule has 0 spiro atoms. The quantitative estimate of drug-likeness (QED) is 0.0862. The number of rotatable bonds is 30. The molecular formula is C30H54N2O11. The van der Waals surface area contributed by atoms with Gasteiger partial charge in [0.15, 0.2) is 11.6 Å². The molecule has 0 bridgehead atoms. The van der Waals surface area contributed by atoms with E-state index in [0.29, 0.717) is 58.3 Å². The molecule has 13 nitrogen and oxygen atoms in total. The van der Waals surface area contributed by atoms with E-state index >= 15 is 0 Å². The molecule has 0 saturated carbocycles. The number of ketones is 2. The smallest absolute Gasteiger partial charge is 0.320 e. The van der Waals surface area contributed by atoms with E-state index in [-0.39, 0.29) is 81.9 Å². The molecule has 13 heteroatoms. The van der Waals surface area contributed by atoms with Crippen LogP contribution in [0.5, 0.6) is 0 Å². The minimum atomic E-state index is -0.962. The Morgan fingerprint density at radius 1 is 0.651 bits per heavy atom. The van der Waals surface area contributed by atoms with Crippen molar-refractivity contribution < 1.29 is 53.1 Å². The van der Waals surface area contributed by atoms with Crippen LogP contribution in [0.2, 0.25) is 0 Å². The number of carboxylic acid groups (broad SMARTS) is 2. The van der Waals surface area contributed by atoms with Gasteiger partial charge in [0.2, 0.25) is 5.91 Å². The molecule has 4 N–H and O–H groups in total. The lowest BCUT2D eigenvalue weighted by Crippen LogP contribution is -2.40. The minimum absolute atomic E-state index is 0.0137. The Kier molecular flexibility index (Phi) is 24.5. The fraction of sp³-hybridized carbons (Fsp3) is 0.833. The first-order valence-corrected chi connectivity index (χ1v) is 15.3. The Morgan fingerprint density at radius 2 is 1.26 bits per heavy atom. The third-order valence-corrected chi connectivity index (χ3v) is 6.41. The molecule has 0 heterocycles. The number of aliphatic carboxylic acids is 2. The standard InChI is InChI=1S/C30H54N2O11/c1-22(2)27(34)21-43-19-16-40-14-7-9-25(33)20-42-18-17-41-15-13-31-28(35)12-11-24(29(36)37)8-5-6-10-26(30(38)39)32-23(3)4/h22-24,26,32H,5-21H2,1-4H3,(H,31,35)(H,36,37)(H,38,39). The van der Waals surface area contributed by atoms with Crippen molar-refractivity contribution in [2.24, 2.45) is 11.8 Å². The summed E-state index contributed by atoms with van der Waals surface area (Å²) in [5, 5.41) is 24.4. The van der Waals surface area contributed by atoms with Gasteiger partial charge in [-0.15, -0.1) is 0 Å². The van der Waals surface area contributed by atoms with Gasteiger partial charge in [-0.2, -0.15) is 0 Å². The Hall–Kier alpha value is -2.45. The first-order valence-electron chi connectivity index (χ1n) is 15.3. The molecule has 250 valence electrons. The number of amides is 1. The molecule has 0 aliphatic carbocycles. The molecule has 2 unspecified atom stereocenters. The molecule has 0 aliphatic rings. The van der Waals surface area contributed by atoms with Crippen molar-refractivity contribution >= 4 is 29.4 Å². The number of nitrogens with one attached hydrogen (secondary N) is 2. The second-order valence-electron chi connectivity index (χ2n) is 11.0. The number of Topliss-reactive ketones (excluding diaryl/α,β-unsaturated/α-hetero) is 2. The van der Waals surface area contributed by atoms with Crippen molar-refractivity contribution in [3.8, 4) is 0 Å². The molecule has 0 fully saturated rings. The van der Waals surface area contributed by atoms with Crippen molar-refractivity contribution in [2.75, 3.05) is 59.4 Å². The molecule has 0 rings (SSSR count). The van der Waals surface area contributed by atoms with Gasteiger partial charge in [0.1, 0.15) is 19.3 Å². The van der Waals surface area contributed by atoms with Crippen LogP contribution in [0.1, 0.15) is 79.1 Å². The molecule has 0 aliphatic heterocycles. The fourth-order valence-electron chi connectivity index (χ4n) is 3.88. The zero-order chi connectivity index (χ0) is 32.5. The van der Waals surface area contributed by atoms with Crippen molar-refractivity contribution in [2.45, 2.75) is 91.1 Å². The second-order valence-corrected chi connectivity index (χ2v) is 11.0. The van der Waals surface area contributed by atoms with Gasteiger partial charge in [0, 0.05) is 38.0 Å². The summed E-state index contributed by atoms with van der Waals surface area (Å²) >= 11 is 0. The zero-order valence-corrected chi connectivity index (χ0v) is 26.4. The average Bonchev–Trinajstić information content (AvgIpc) is 2.93. The first kappa shape index (κ1) is 40.5. The van der Waals surface area contributed by atoms with E-state index in [1.807, 2.05) is 27.7 Å². The minimum Gasteiger partial charge on any atom is -0.481 e. The summed E-state index contributed by atoms with van der Waals surface area (Å²) in [5.74, 6) is -2.84. The zero-order valence-electron chi connectivity index (χ0n) is 26.4. The molecule has 0 aromatic rings. The van der Waals surface area contributed by atoms with E-state index in [0.717, 1.165) is 0 Å². The third kappa shape index (κ3) is 24.7. The van der Waals surface area contributed by atoms with Gasteiger partial charge >= 0.3 is 11.9 Å². The van der Waals surface area contributed by atoms with Crippen LogP contribution < -0.4 is 10.6 Å². The maximum Gasteiger partial charge on any atom is 0.320 e. The van der Waals surface area contributed by atoms with Crippen molar-refractivity contribution in [3.05, 3.63) is 0 Å². The van der Waals surface area contributed by atoms with Crippen LogP contribution in [-0.2, 0) is 42.9 Å². The number of carbonyl (C=O) groups excluding carboxylic acids is 3. The molecule has 43 heavy (non-hydrogen) atoms. The molecule has 1 amide bonds. The number of ether oxygens (including phenoxy) is 4. The van der Waals surface area contributed by atoms with Crippen LogP contribution in [0.25, 0.3) is 0 Å². The van der Waals surface area contributed by atoms with Gasteiger partial charge < -0.3 is 39.8 Å². The highest BCUT2D eigenvalue weighted by Gasteiger charge is 2.21. The predicted molar refractivity (Wildman–Crippen MR) is 159 cm³/mol. The lowest BCUT2D eigenvalue weighted by atomic mass is 9.95. The molecule has 0 saturated heterocycles. The predicted octanol–water partition coefficient (Wildman–Crippen LogP) is 2.24. The Bertz CT molecular complexity index is 805. The van der Waals surface area contributed by atoms with Gasteiger partial charge in [-0.05, 0) is 25.7 Å². The van der Waals surface area contributed by atoms with E-state index in [4.69, 9.17) is 18.9 Å². The number of carboxylic acids is 2. The Labute approximate surface area is 255 Å². The van der Waals surface area contributed by atoms with Gasteiger partial charge in [-0.1, -0.05) is 40.5 Å². The molecule has 0 aromatic heterocycles. The SMILES string of the molecule is CC(C)NC(CCCCC(CCC(=O)NCCOCCOCC(=O)CCCOCCOCC(=O)C(C)C)C(=O)O)C(=O)O. The summed E-state index contributed by atoms with van der Waals surface area (Å²) < 4.78 is 21.3. The summed E-state index contributed by atoms with van der Waals surface area (Å²) in [6.45, 7) is 9.62. The number of hydrogen-bond acceptors (Lipinski definition) is 10. The Morgan fingerprint density at radius 3 is 1.86 bits per heavy atom. The van der Waals surface area contributed by atoms with Crippen molar-refractivity contribution in [1.82, 2.24) is 10.6 Å². The highest BCUT2D eigenvalue weighted by atomic mass is 16.5. The van der Waals surface area contributed by atoms with Crippen molar-refractivity contribution in [1.29, 1.82) is 0 Å². The third-order valence-electron chi connectivity index (χ3n) is 6.41. The van der Waals surface area contributed by atoms with Crippen LogP contribution in [-0.4, -0.2) is 111 Å². The van der Waals surface area contributed by atoms with E-state index < -0.39 is 23.9 Å². The maximum atomic E-state index is 12.1. The summed E-state index contributed by atoms with van der Waals surface area (Å²) in [7, 11) is 0. The lowest BCUT2D eigenvalue weighted by Gasteiger charge is -2.17. The largest absolute Gasteiger partial charge is 0.481 e. The highest BCUT2D eigenvalue weighted by molar-refractivity contribution is 5.81. The van der Waals surface area contributed by atoms with Gasteiger partial charge in [-0.3, -0.25) is 24.0 Å². The van der Waals surface area contributed by atoms with Gasteiger partial charge in [0.25, 0.3) is 0 Å². The van der Waals surface area contributed by atoms with Crippen LogP contribution in [0.3, 0.4) is 0 Å². The summed E-state index contributed by atoms with van der Waals surface area (Å²) in [6.07, 6.45) is 3.13. The van der Waals surface area contributed by atoms with Gasteiger partial charge in [0.05, 0.1) is 39.0 Å². The normalized spacial score (nSPS) is 12.8. The van der Waals surface area contributed by atoms with E-state index in [1.165, 1.54) is 0 Å². The number of unbranched alkanes of at least 4 members (excludes halogenated alkanes) is 1. The molecular weight excluding hydrogens is 564 g/mol. The van der Waals surface area contributed by atoms with Crippen LogP contribution in [0.15, 0.2) is 0 Å². The van der Waals surface area contributed by atoms with E-state index in [2.05, 4.69) is 10.6 Å². The highest BCUT2D eigenvalue weighted by Crippen LogP contribution is 2.17. The number of carbonyl (C=O) groups is 5. The van der Waals surface area contributed by atoms with E-state index in [1.54, 1.807) is 0 Å². The molecule has 0 radical (unpaired) electrons. The number of hydrogen-bond donors (Lipinski definition) is 4. The van der Waals surface area contributed by atoms with E-state index in [9.17, 15) is 34.2 Å². The first-order chi connectivity index (χ1) is 20.4. The van der Waals surface area contributed by atoms with Gasteiger partial charge in [-0.25, -0.2) is 0 Å². The maximum absolute atomic E-state index is 12.1. The van der Waals surface area contributed by atoms with Crippen LogP contribution in [0, 0.1) is 11.8 Å².